The van der Waals surface area contributed by atoms with Crippen molar-refractivity contribution in [3.63, 3.8) is 0 Å². The van der Waals surface area contributed by atoms with Crippen LogP contribution in [-0.4, -0.2) is 8.80 Å². The van der Waals surface area contributed by atoms with Gasteiger partial charge in [-0.05, 0) is 38.5 Å². The quantitative estimate of drug-likeness (QED) is 0.406. The Morgan fingerprint density at radius 3 is 1.03 bits per heavy atom. The molecule has 29 heavy (non-hydrogen) atoms. The lowest BCUT2D eigenvalue weighted by molar-refractivity contribution is 0.220. The third-order valence-corrected chi connectivity index (χ3v) is 7.73. The van der Waals surface area contributed by atoms with E-state index >= 15 is 0 Å². The topological polar surface area (TPSA) is 27.7 Å². The minimum Gasteiger partial charge on any atom is -0.432 e. The van der Waals surface area contributed by atoms with Gasteiger partial charge in [0, 0.05) is 24.3 Å². The Hall–Kier alpha value is -1.70. The number of rotatable bonds is 3. The van der Waals surface area contributed by atoms with Crippen molar-refractivity contribution in [1.82, 2.24) is 0 Å². The van der Waals surface area contributed by atoms with Crippen molar-refractivity contribution in [2.24, 2.45) is 17.8 Å². The largest absolute Gasteiger partial charge is 0.721 e. The van der Waals surface area contributed by atoms with Gasteiger partial charge in [0.2, 0.25) is 0 Å². The first-order valence-electron chi connectivity index (χ1n) is 11.8. The second-order valence-electron chi connectivity index (χ2n) is 8.91. The summed E-state index contributed by atoms with van der Waals surface area (Å²) >= 11 is 0. The molecule has 3 aliphatic carbocycles. The van der Waals surface area contributed by atoms with Crippen molar-refractivity contribution in [2.45, 2.75) is 103 Å². The lowest BCUT2D eigenvalue weighted by Gasteiger charge is -2.19. The summed E-state index contributed by atoms with van der Waals surface area (Å²) in [5.41, 5.74) is 0. The molecule has 0 spiro atoms. The molecule has 0 unspecified atom stereocenters. The highest BCUT2D eigenvalue weighted by atomic mass is 28.4. The molecule has 0 bridgehead atoms. The first kappa shape index (κ1) is 22.0. The van der Waals surface area contributed by atoms with E-state index in [4.69, 9.17) is 13.3 Å². The van der Waals surface area contributed by atoms with Crippen LogP contribution in [0.25, 0.3) is 0 Å². The third-order valence-electron chi connectivity index (χ3n) is 6.31. The highest BCUT2D eigenvalue weighted by Crippen LogP contribution is 2.24. The van der Waals surface area contributed by atoms with Crippen LogP contribution in [0.5, 0.6) is 0 Å². The Balaban J connectivity index is 1.58. The Labute approximate surface area is 179 Å². The molecule has 0 aromatic heterocycles. The van der Waals surface area contributed by atoms with Gasteiger partial charge in [0.1, 0.15) is 18.3 Å². The normalized spacial score (nSPS) is 21.4. The van der Waals surface area contributed by atoms with E-state index in [1.165, 1.54) is 96.3 Å². The van der Waals surface area contributed by atoms with E-state index in [0.717, 1.165) is 0 Å². The zero-order valence-corrected chi connectivity index (χ0v) is 19.1. The molecule has 158 valence electrons. The van der Waals surface area contributed by atoms with E-state index in [2.05, 4.69) is 36.1 Å². The van der Waals surface area contributed by atoms with Gasteiger partial charge in [0.05, 0.1) is 0 Å². The molecule has 0 amide bonds. The lowest BCUT2D eigenvalue weighted by Crippen LogP contribution is -2.38. The minimum atomic E-state index is -3.02. The fourth-order valence-corrected chi connectivity index (χ4v) is 5.28. The molecular weight excluding hydrogens is 376 g/mol. The molecule has 0 aromatic carbocycles. The highest BCUT2D eigenvalue weighted by molar-refractivity contribution is 6.60. The molecule has 3 saturated carbocycles. The molecule has 4 heteroatoms. The summed E-state index contributed by atoms with van der Waals surface area (Å²) in [6.07, 6.45) is 27.3. The Morgan fingerprint density at radius 1 is 0.483 bits per heavy atom. The van der Waals surface area contributed by atoms with Gasteiger partial charge in [-0.1, -0.05) is 75.5 Å². The molecule has 0 atom stereocenters. The SMILES string of the molecule is C[Si](OC#CC1CCCCC1)(OC#CC1CCCCC1)OC#CC1CCCCC1. The molecule has 0 heterocycles. The fraction of sp³-hybridized carbons (Fsp3) is 0.760. The molecular formula is C25H36O3Si. The standard InChI is InChI=1S/C25H36O3Si/c1-29(26-20-17-23-11-5-2-6-12-23,27-21-18-24-13-7-3-8-14-24)28-22-19-25-15-9-4-10-16-25/h23-25H,2-16H2,1H3. The molecule has 3 rings (SSSR count). The molecule has 3 fully saturated rings. The van der Waals surface area contributed by atoms with E-state index in [1.54, 1.807) is 0 Å². The van der Waals surface area contributed by atoms with Crippen molar-refractivity contribution in [3.05, 3.63) is 0 Å². The van der Waals surface area contributed by atoms with Crippen molar-refractivity contribution < 1.29 is 13.3 Å². The summed E-state index contributed by atoms with van der Waals surface area (Å²) < 4.78 is 17.5. The second-order valence-corrected chi connectivity index (χ2v) is 11.2. The number of hydrogen-bond donors (Lipinski definition) is 0. The lowest BCUT2D eigenvalue weighted by atomic mass is 9.90. The minimum absolute atomic E-state index is 0.434. The van der Waals surface area contributed by atoms with Gasteiger partial charge in [-0.2, -0.15) is 0 Å². The molecule has 0 N–H and O–H groups in total. The van der Waals surface area contributed by atoms with Crippen LogP contribution in [0.4, 0.5) is 0 Å². The van der Waals surface area contributed by atoms with Gasteiger partial charge < -0.3 is 13.3 Å². The summed E-state index contributed by atoms with van der Waals surface area (Å²) in [5.74, 6) is 11.1. The molecule has 0 radical (unpaired) electrons. The zero-order chi connectivity index (χ0) is 20.2. The van der Waals surface area contributed by atoms with Gasteiger partial charge in [0.25, 0.3) is 0 Å². The molecule has 3 nitrogen and oxygen atoms in total. The fourth-order valence-electron chi connectivity index (χ4n) is 4.42. The van der Waals surface area contributed by atoms with E-state index in [1.807, 2.05) is 6.55 Å². The summed E-state index contributed by atoms with van der Waals surface area (Å²) in [7, 11) is -3.02. The van der Waals surface area contributed by atoms with Crippen LogP contribution in [-0.2, 0) is 13.3 Å². The highest BCUT2D eigenvalue weighted by Gasteiger charge is 2.42. The second kappa shape index (κ2) is 12.1. The smallest absolute Gasteiger partial charge is 0.432 e. The number of hydrogen-bond acceptors (Lipinski definition) is 3. The Kier molecular flexibility index (Phi) is 9.17. The first-order chi connectivity index (χ1) is 14.2. The van der Waals surface area contributed by atoms with Crippen LogP contribution in [0.3, 0.4) is 0 Å². The predicted octanol–water partition coefficient (Wildman–Crippen LogP) is 6.23. The molecule has 3 aliphatic rings. The average molecular weight is 413 g/mol. The zero-order valence-electron chi connectivity index (χ0n) is 18.1. The van der Waals surface area contributed by atoms with Crippen molar-refractivity contribution >= 4 is 8.80 Å². The average Bonchev–Trinajstić information content (AvgIpc) is 2.76. The first-order valence-corrected chi connectivity index (χ1v) is 14.0. The maximum atomic E-state index is 5.84. The van der Waals surface area contributed by atoms with Crippen LogP contribution in [0.2, 0.25) is 6.55 Å². The monoisotopic (exact) mass is 412 g/mol. The predicted molar refractivity (Wildman–Crippen MR) is 118 cm³/mol. The summed E-state index contributed by atoms with van der Waals surface area (Å²) in [6.45, 7) is 1.85. The van der Waals surface area contributed by atoms with Gasteiger partial charge in [0.15, 0.2) is 0 Å². The van der Waals surface area contributed by atoms with Gasteiger partial charge in [-0.25, -0.2) is 0 Å². The maximum absolute atomic E-state index is 5.84. The van der Waals surface area contributed by atoms with Crippen LogP contribution < -0.4 is 0 Å². The summed E-state index contributed by atoms with van der Waals surface area (Å²) in [4.78, 5) is 0. The third kappa shape index (κ3) is 8.28. The van der Waals surface area contributed by atoms with E-state index < -0.39 is 8.80 Å². The van der Waals surface area contributed by atoms with E-state index in [9.17, 15) is 0 Å². The molecule has 0 aromatic rings. The van der Waals surface area contributed by atoms with Crippen molar-refractivity contribution in [3.8, 4) is 36.1 Å². The van der Waals surface area contributed by atoms with Crippen LogP contribution in [0, 0.1) is 53.8 Å². The van der Waals surface area contributed by atoms with Crippen molar-refractivity contribution in [1.29, 1.82) is 0 Å². The van der Waals surface area contributed by atoms with Crippen LogP contribution in [0.15, 0.2) is 0 Å². The maximum Gasteiger partial charge on any atom is 0.721 e. The summed E-state index contributed by atoms with van der Waals surface area (Å²) in [5, 5.41) is 0. The van der Waals surface area contributed by atoms with Gasteiger partial charge in [-0.15, -0.1) is 0 Å². The molecule has 0 saturated heterocycles. The Morgan fingerprint density at radius 2 is 0.759 bits per heavy atom. The van der Waals surface area contributed by atoms with E-state index in [0.29, 0.717) is 17.8 Å². The van der Waals surface area contributed by atoms with Gasteiger partial charge >= 0.3 is 8.80 Å². The van der Waals surface area contributed by atoms with Crippen LogP contribution >= 0.6 is 0 Å². The van der Waals surface area contributed by atoms with Gasteiger partial charge in [-0.3, -0.25) is 0 Å². The molecule has 0 aliphatic heterocycles. The van der Waals surface area contributed by atoms with E-state index in [-0.39, 0.29) is 0 Å². The van der Waals surface area contributed by atoms with Crippen LogP contribution in [0.1, 0.15) is 96.3 Å². The summed E-state index contributed by atoms with van der Waals surface area (Å²) in [6, 6.07) is 0. The van der Waals surface area contributed by atoms with Crippen molar-refractivity contribution in [2.75, 3.05) is 0 Å². The Bertz CT molecular complexity index is 573.